The van der Waals surface area contributed by atoms with E-state index in [4.69, 9.17) is 31.9 Å². The fourth-order valence-electron chi connectivity index (χ4n) is 5.52. The van der Waals surface area contributed by atoms with E-state index in [1.165, 1.54) is 22.3 Å². The van der Waals surface area contributed by atoms with E-state index in [2.05, 4.69) is 24.3 Å². The molecule has 7 heteroatoms. The van der Waals surface area contributed by atoms with E-state index in [0.29, 0.717) is 12.4 Å². The van der Waals surface area contributed by atoms with E-state index in [1.807, 2.05) is 18.2 Å². The van der Waals surface area contributed by atoms with Crippen molar-refractivity contribution in [2.45, 2.75) is 43.4 Å². The minimum absolute atomic E-state index is 0.0799. The van der Waals surface area contributed by atoms with Crippen LogP contribution in [-0.4, -0.2) is 24.2 Å². The van der Waals surface area contributed by atoms with Crippen LogP contribution < -0.4 is 10.5 Å². The van der Waals surface area contributed by atoms with Crippen LogP contribution in [0, 0.1) is 5.82 Å². The number of nitrogens with two attached hydrogens (primary N) is 1. The van der Waals surface area contributed by atoms with Crippen molar-refractivity contribution in [3.8, 4) is 16.9 Å². The summed E-state index contributed by atoms with van der Waals surface area (Å²) in [4.78, 5) is 11.1. The molecular formula is C27H25ClFN3O2. The number of aliphatic imine (C=N–C) groups is 1. The van der Waals surface area contributed by atoms with Crippen molar-refractivity contribution in [3.05, 3.63) is 88.2 Å². The zero-order valence-electron chi connectivity index (χ0n) is 18.8. The first-order valence-electron chi connectivity index (χ1n) is 11.6. The normalized spacial score (nSPS) is 25.5. The standard InChI is InChI=1S/C27H25ClFN3O2/c1-32-26(30)31-27(34-32)15-25(20-8-4-6-16-5-2-3-7-19(16)20)33-24-12-10-17(13-21(24)27)18-9-11-23(29)22(28)14-18/h2-3,5,7,9-14,20,25H,4,6,8,15H2,1H3,(H2,30,31)/t20?,25-,27-/m1/s1. The molecule has 0 saturated heterocycles. The van der Waals surface area contributed by atoms with Gasteiger partial charge in [-0.15, -0.1) is 0 Å². The van der Waals surface area contributed by atoms with Crippen LogP contribution >= 0.6 is 11.6 Å². The van der Waals surface area contributed by atoms with Gasteiger partial charge in [-0.25, -0.2) is 19.3 Å². The maximum atomic E-state index is 13.7. The molecule has 3 atom stereocenters. The first-order valence-corrected chi connectivity index (χ1v) is 11.9. The van der Waals surface area contributed by atoms with Crippen LogP contribution in [-0.2, 0) is 17.0 Å². The SMILES string of the molecule is CN1O[C@@]2(C[C@H](C3CCCc4ccccc43)Oc3ccc(-c4ccc(F)c(Cl)c4)cc32)N=C1N. The highest BCUT2D eigenvalue weighted by Crippen LogP contribution is 2.51. The number of aryl methyl sites for hydroxylation is 1. The molecular weight excluding hydrogens is 453 g/mol. The second kappa shape index (κ2) is 8.00. The van der Waals surface area contributed by atoms with Gasteiger partial charge in [0.1, 0.15) is 17.7 Å². The van der Waals surface area contributed by atoms with Crippen molar-refractivity contribution >= 4 is 17.6 Å². The van der Waals surface area contributed by atoms with E-state index in [1.54, 1.807) is 19.2 Å². The Balaban J connectivity index is 1.44. The third-order valence-electron chi connectivity index (χ3n) is 7.18. The molecule has 3 aromatic carbocycles. The van der Waals surface area contributed by atoms with Gasteiger partial charge in [-0.2, -0.15) is 0 Å². The lowest BCUT2D eigenvalue weighted by Crippen LogP contribution is -2.42. The zero-order valence-corrected chi connectivity index (χ0v) is 19.6. The summed E-state index contributed by atoms with van der Waals surface area (Å²) in [5.74, 6) is 0.849. The van der Waals surface area contributed by atoms with E-state index < -0.39 is 11.5 Å². The Morgan fingerprint density at radius 1 is 1.12 bits per heavy atom. The Labute approximate surface area is 202 Å². The molecule has 2 N–H and O–H groups in total. The number of fused-ring (bicyclic) bond motifs is 3. The zero-order chi connectivity index (χ0) is 23.4. The van der Waals surface area contributed by atoms with Gasteiger partial charge in [-0.3, -0.25) is 0 Å². The minimum atomic E-state index is -0.983. The van der Waals surface area contributed by atoms with E-state index in [-0.39, 0.29) is 17.0 Å². The Morgan fingerprint density at radius 3 is 2.71 bits per heavy atom. The molecule has 0 amide bonds. The first kappa shape index (κ1) is 21.4. The quantitative estimate of drug-likeness (QED) is 0.509. The van der Waals surface area contributed by atoms with Crippen LogP contribution in [0.4, 0.5) is 4.39 Å². The van der Waals surface area contributed by atoms with Gasteiger partial charge in [0.2, 0.25) is 11.7 Å². The molecule has 1 spiro atoms. The van der Waals surface area contributed by atoms with E-state index >= 15 is 0 Å². The molecule has 0 fully saturated rings. The molecule has 3 aromatic rings. The third-order valence-corrected chi connectivity index (χ3v) is 7.47. The van der Waals surface area contributed by atoms with Gasteiger partial charge in [-0.1, -0.05) is 48.0 Å². The monoisotopic (exact) mass is 477 g/mol. The number of ether oxygens (including phenoxy) is 1. The summed E-state index contributed by atoms with van der Waals surface area (Å²) < 4.78 is 20.4. The average Bonchev–Trinajstić information content (AvgIpc) is 3.13. The summed E-state index contributed by atoms with van der Waals surface area (Å²) in [5, 5.41) is 1.60. The minimum Gasteiger partial charge on any atom is -0.489 e. The summed E-state index contributed by atoms with van der Waals surface area (Å²) in [6.45, 7) is 0. The molecule has 2 aliphatic heterocycles. The lowest BCUT2D eigenvalue weighted by atomic mass is 9.76. The second-order valence-corrected chi connectivity index (χ2v) is 9.65. The summed E-state index contributed by atoms with van der Waals surface area (Å²) in [5.41, 5.74) is 10.4. The van der Waals surface area contributed by atoms with Crippen molar-refractivity contribution in [1.29, 1.82) is 0 Å². The van der Waals surface area contributed by atoms with Gasteiger partial charge in [0.05, 0.1) is 10.6 Å². The fraction of sp³-hybridized carbons (Fsp3) is 0.296. The van der Waals surface area contributed by atoms with E-state index in [9.17, 15) is 4.39 Å². The van der Waals surface area contributed by atoms with Crippen molar-refractivity contribution < 1.29 is 14.0 Å². The number of hydrogen-bond acceptors (Lipinski definition) is 5. The molecule has 0 bridgehead atoms. The summed E-state index contributed by atoms with van der Waals surface area (Å²) >= 11 is 6.04. The van der Waals surface area contributed by atoms with Crippen LogP contribution in [0.15, 0.2) is 65.7 Å². The summed E-state index contributed by atoms with van der Waals surface area (Å²) in [6, 6.07) is 19.2. The summed E-state index contributed by atoms with van der Waals surface area (Å²) in [7, 11) is 1.76. The Hall–Kier alpha value is -3.09. The van der Waals surface area contributed by atoms with Crippen molar-refractivity contribution in [2.24, 2.45) is 10.7 Å². The average molecular weight is 478 g/mol. The van der Waals surface area contributed by atoms with Crippen LogP contribution in [0.1, 0.15) is 41.9 Å². The molecule has 34 heavy (non-hydrogen) atoms. The van der Waals surface area contributed by atoms with Crippen molar-refractivity contribution in [2.75, 3.05) is 7.05 Å². The fourth-order valence-corrected chi connectivity index (χ4v) is 5.70. The van der Waals surface area contributed by atoms with Crippen LogP contribution in [0.2, 0.25) is 5.02 Å². The Morgan fingerprint density at radius 2 is 1.91 bits per heavy atom. The van der Waals surface area contributed by atoms with Gasteiger partial charge in [0.15, 0.2) is 0 Å². The first-order chi connectivity index (χ1) is 16.4. The van der Waals surface area contributed by atoms with Crippen molar-refractivity contribution in [1.82, 2.24) is 5.06 Å². The maximum Gasteiger partial charge on any atom is 0.221 e. The number of nitrogens with zero attached hydrogens (tertiary/aromatic N) is 2. The highest BCUT2D eigenvalue weighted by molar-refractivity contribution is 6.31. The molecule has 0 radical (unpaired) electrons. The lowest BCUT2D eigenvalue weighted by molar-refractivity contribution is -0.192. The molecule has 0 aromatic heterocycles. The molecule has 1 aliphatic carbocycles. The second-order valence-electron chi connectivity index (χ2n) is 9.24. The van der Waals surface area contributed by atoms with E-state index in [0.717, 1.165) is 41.7 Å². The van der Waals surface area contributed by atoms with Crippen molar-refractivity contribution in [3.63, 3.8) is 0 Å². The largest absolute Gasteiger partial charge is 0.489 e. The Bertz CT molecular complexity index is 1310. The lowest BCUT2D eigenvalue weighted by Gasteiger charge is -2.41. The van der Waals surface area contributed by atoms with Gasteiger partial charge in [0.25, 0.3) is 0 Å². The van der Waals surface area contributed by atoms with Gasteiger partial charge < -0.3 is 10.5 Å². The molecule has 6 rings (SSSR count). The molecule has 1 unspecified atom stereocenters. The smallest absolute Gasteiger partial charge is 0.221 e. The molecule has 3 aliphatic rings. The topological polar surface area (TPSA) is 60.1 Å². The van der Waals surface area contributed by atoms with Crippen LogP contribution in [0.3, 0.4) is 0 Å². The number of hydrogen-bond donors (Lipinski definition) is 1. The van der Waals surface area contributed by atoms with Crippen LogP contribution in [0.5, 0.6) is 5.75 Å². The van der Waals surface area contributed by atoms with Gasteiger partial charge in [-0.05, 0) is 65.8 Å². The maximum absolute atomic E-state index is 13.7. The number of halogens is 2. The van der Waals surface area contributed by atoms with Gasteiger partial charge in [0, 0.05) is 19.4 Å². The molecule has 174 valence electrons. The number of hydroxylamine groups is 2. The Kier molecular flexibility index (Phi) is 5.04. The highest BCUT2D eigenvalue weighted by Gasteiger charge is 2.50. The molecule has 5 nitrogen and oxygen atoms in total. The van der Waals surface area contributed by atoms with Crippen LogP contribution in [0.25, 0.3) is 11.1 Å². The molecule has 2 heterocycles. The highest BCUT2D eigenvalue weighted by atomic mass is 35.5. The third kappa shape index (κ3) is 3.44. The number of benzene rings is 3. The predicted octanol–water partition coefficient (Wildman–Crippen LogP) is 5.76. The molecule has 0 saturated carbocycles. The number of guanidine groups is 1. The summed E-state index contributed by atoms with van der Waals surface area (Å²) in [6.07, 6.45) is 3.70. The van der Waals surface area contributed by atoms with Gasteiger partial charge >= 0.3 is 0 Å². The number of rotatable bonds is 2. The predicted molar refractivity (Wildman–Crippen MR) is 130 cm³/mol.